The number of nitrogens with zero attached hydrogens (tertiary/aromatic N) is 2. The zero-order valence-electron chi connectivity index (χ0n) is 7.40. The van der Waals surface area contributed by atoms with E-state index in [9.17, 15) is 4.79 Å². The minimum Gasteiger partial charge on any atom is -0.364 e. The summed E-state index contributed by atoms with van der Waals surface area (Å²) in [5, 5.41) is 8.38. The first-order valence-electron chi connectivity index (χ1n) is 4.00. The summed E-state index contributed by atoms with van der Waals surface area (Å²) < 4.78 is 1.58. The number of nitriles is 1. The Balaban J connectivity index is 2.74. The third kappa shape index (κ3) is 2.60. The lowest BCUT2D eigenvalue weighted by atomic mass is 10.1. The topological polar surface area (TPSA) is 70.1 Å². The summed E-state index contributed by atoms with van der Waals surface area (Å²) in [5.74, 6) is -0.488. The van der Waals surface area contributed by atoms with E-state index in [2.05, 4.69) is 16.1 Å². The molecule has 1 rings (SSSR count). The van der Waals surface area contributed by atoms with Crippen molar-refractivity contribution in [3.05, 3.63) is 29.8 Å². The van der Waals surface area contributed by atoms with Crippen molar-refractivity contribution in [2.45, 2.75) is 6.42 Å². The normalized spacial score (nSPS) is 15.6. The number of amides is 1. The maximum atomic E-state index is 11.0. The monoisotopic (exact) mass is 254 g/mol. The van der Waals surface area contributed by atoms with Crippen molar-refractivity contribution in [1.29, 1.82) is 5.26 Å². The predicted octanol–water partition coefficient (Wildman–Crippen LogP) is 1.03. The molecule has 0 aromatic heterocycles. The Morgan fingerprint density at radius 1 is 1.86 bits per heavy atom. The fourth-order valence-corrected chi connectivity index (χ4v) is 1.49. The summed E-state index contributed by atoms with van der Waals surface area (Å²) in [5.41, 5.74) is 6.42. The minimum atomic E-state index is -0.488. The molecule has 0 saturated carbocycles. The molecule has 0 unspecified atom stereocenters. The fourth-order valence-electron chi connectivity index (χ4n) is 1.07. The molecule has 0 aromatic carbocycles. The lowest BCUT2D eigenvalue weighted by molar-refractivity contribution is -0.115. The molecule has 1 heterocycles. The number of hydrogen-bond donors (Lipinski definition) is 1. The molecule has 0 aromatic rings. The summed E-state index contributed by atoms with van der Waals surface area (Å²) in [6, 6.07) is 2.00. The average molecular weight is 255 g/mol. The van der Waals surface area contributed by atoms with Crippen LogP contribution in [0.15, 0.2) is 23.4 Å². The van der Waals surface area contributed by atoms with Crippen LogP contribution in [0.3, 0.4) is 0 Å². The lowest BCUT2D eigenvalue weighted by Gasteiger charge is -2.20. The number of rotatable bonds is 3. The Morgan fingerprint density at radius 3 is 3.14 bits per heavy atom. The van der Waals surface area contributed by atoms with Gasteiger partial charge in [-0.05, 0) is 11.6 Å². The van der Waals surface area contributed by atoms with Crippen LogP contribution in [-0.4, -0.2) is 16.4 Å². The van der Waals surface area contributed by atoms with E-state index >= 15 is 0 Å². The van der Waals surface area contributed by atoms with Crippen molar-refractivity contribution in [3.8, 4) is 6.07 Å². The Hall–Kier alpha value is -1.28. The summed E-state index contributed by atoms with van der Waals surface area (Å²) >= 11 is 3.19. The van der Waals surface area contributed by atoms with Gasteiger partial charge in [0.25, 0.3) is 5.91 Å². The van der Waals surface area contributed by atoms with Gasteiger partial charge in [-0.2, -0.15) is 5.26 Å². The van der Waals surface area contributed by atoms with Crippen molar-refractivity contribution in [2.75, 3.05) is 6.54 Å². The molecule has 0 bridgehead atoms. The van der Waals surface area contributed by atoms with Crippen molar-refractivity contribution >= 4 is 22.1 Å². The van der Waals surface area contributed by atoms with Gasteiger partial charge in [0.05, 0.1) is 22.2 Å². The molecule has 4 nitrogen and oxygen atoms in total. The number of hydrogen-bond acceptors (Lipinski definition) is 3. The number of nitrogens with two attached hydrogens (primary N) is 1. The second-order valence-electron chi connectivity index (χ2n) is 2.71. The molecule has 1 aliphatic heterocycles. The second kappa shape index (κ2) is 4.82. The average Bonchev–Trinajstić information content (AvgIpc) is 2.16. The fraction of sp³-hybridized carbons (Fsp3) is 0.222. The molecule has 0 atom stereocenters. The van der Waals surface area contributed by atoms with E-state index in [1.807, 2.05) is 12.1 Å². The van der Waals surface area contributed by atoms with Gasteiger partial charge in [-0.1, -0.05) is 6.08 Å². The number of carbonyl (C=O) groups is 1. The smallest absolute Gasteiger partial charge is 0.265 e. The summed E-state index contributed by atoms with van der Waals surface area (Å²) in [7, 11) is 0. The number of carbonyl (C=O) groups excluding carboxylic acids is 1. The molecule has 73 valence electrons. The standard InChI is InChI=1S/C9H9BrN3O/c10-13-5-3-7(2-1-4-11)6-8(13)9(12)14/h2-3,6H,1,5H2,(H2,12,14). The van der Waals surface area contributed by atoms with Gasteiger partial charge in [-0.25, -0.2) is 0 Å². The maximum absolute atomic E-state index is 11.0. The summed E-state index contributed by atoms with van der Waals surface area (Å²) in [6.07, 6.45) is 5.63. The maximum Gasteiger partial charge on any atom is 0.265 e. The van der Waals surface area contributed by atoms with E-state index in [0.29, 0.717) is 18.7 Å². The van der Waals surface area contributed by atoms with Crippen LogP contribution in [0.1, 0.15) is 6.42 Å². The Morgan fingerprint density at radius 2 is 2.57 bits per heavy atom. The zero-order valence-corrected chi connectivity index (χ0v) is 8.99. The summed E-state index contributed by atoms with van der Waals surface area (Å²) in [4.78, 5) is 11.0. The van der Waals surface area contributed by atoms with Crippen molar-refractivity contribution < 1.29 is 4.79 Å². The van der Waals surface area contributed by atoms with Crippen LogP contribution in [0.4, 0.5) is 0 Å². The highest BCUT2D eigenvalue weighted by atomic mass is 79.9. The number of primary amides is 1. The number of halogens is 1. The van der Waals surface area contributed by atoms with Gasteiger partial charge in [0, 0.05) is 19.4 Å². The van der Waals surface area contributed by atoms with Gasteiger partial charge in [-0.15, -0.1) is 0 Å². The molecule has 2 N–H and O–H groups in total. The zero-order chi connectivity index (χ0) is 10.6. The second-order valence-corrected chi connectivity index (χ2v) is 3.57. The van der Waals surface area contributed by atoms with Gasteiger partial charge in [0.2, 0.25) is 0 Å². The van der Waals surface area contributed by atoms with E-state index in [1.54, 1.807) is 16.4 Å². The van der Waals surface area contributed by atoms with Crippen LogP contribution in [-0.2, 0) is 4.79 Å². The van der Waals surface area contributed by atoms with Crippen molar-refractivity contribution in [3.63, 3.8) is 0 Å². The molecule has 0 aliphatic carbocycles. The third-order valence-electron chi connectivity index (χ3n) is 1.73. The van der Waals surface area contributed by atoms with E-state index < -0.39 is 5.91 Å². The highest BCUT2D eigenvalue weighted by Crippen LogP contribution is 2.20. The molecule has 1 radical (unpaired) electrons. The Bertz CT molecular complexity index is 340. The number of allylic oxidation sites excluding steroid dienone is 2. The van der Waals surface area contributed by atoms with Gasteiger partial charge in [0.1, 0.15) is 5.70 Å². The highest BCUT2D eigenvalue weighted by molar-refractivity contribution is 9.07. The van der Waals surface area contributed by atoms with Crippen LogP contribution >= 0.6 is 16.1 Å². The first-order valence-corrected chi connectivity index (χ1v) is 4.71. The molecule has 0 saturated heterocycles. The SMILES string of the molecule is N#CC[CH]C1=CCN(Br)C(C(N)=O)=C1. The Labute approximate surface area is 91.0 Å². The Kier molecular flexibility index (Phi) is 3.72. The molecule has 1 amide bonds. The van der Waals surface area contributed by atoms with Crippen molar-refractivity contribution in [1.82, 2.24) is 3.93 Å². The van der Waals surface area contributed by atoms with Gasteiger partial charge >= 0.3 is 0 Å². The van der Waals surface area contributed by atoms with Gasteiger partial charge in [-0.3, -0.25) is 8.72 Å². The molecule has 0 fully saturated rings. The van der Waals surface area contributed by atoms with E-state index in [0.717, 1.165) is 5.57 Å². The lowest BCUT2D eigenvalue weighted by Crippen LogP contribution is -2.27. The minimum absolute atomic E-state index is 0.330. The first kappa shape index (κ1) is 10.8. The highest BCUT2D eigenvalue weighted by Gasteiger charge is 2.16. The van der Waals surface area contributed by atoms with Gasteiger partial charge < -0.3 is 5.73 Å². The molecular formula is C9H9BrN3O. The van der Waals surface area contributed by atoms with Crippen LogP contribution < -0.4 is 5.73 Å². The summed E-state index contributed by atoms with van der Waals surface area (Å²) in [6.45, 7) is 0.562. The van der Waals surface area contributed by atoms with E-state index in [1.165, 1.54) is 0 Å². The van der Waals surface area contributed by atoms with Crippen LogP contribution in [0, 0.1) is 17.8 Å². The molecule has 14 heavy (non-hydrogen) atoms. The van der Waals surface area contributed by atoms with Crippen molar-refractivity contribution in [2.24, 2.45) is 5.73 Å². The van der Waals surface area contributed by atoms with E-state index in [4.69, 9.17) is 11.0 Å². The van der Waals surface area contributed by atoms with E-state index in [-0.39, 0.29) is 0 Å². The largest absolute Gasteiger partial charge is 0.364 e. The molecule has 0 spiro atoms. The molecule has 5 heteroatoms. The molecular weight excluding hydrogens is 246 g/mol. The molecule has 1 aliphatic rings. The quantitative estimate of drug-likeness (QED) is 0.765. The van der Waals surface area contributed by atoms with Crippen LogP contribution in [0.25, 0.3) is 0 Å². The van der Waals surface area contributed by atoms with Crippen LogP contribution in [0.2, 0.25) is 0 Å². The predicted molar refractivity (Wildman–Crippen MR) is 55.5 cm³/mol. The first-order chi connectivity index (χ1) is 6.65. The van der Waals surface area contributed by atoms with Gasteiger partial charge in [0.15, 0.2) is 0 Å². The third-order valence-corrected chi connectivity index (χ3v) is 2.41. The van der Waals surface area contributed by atoms with Crippen LogP contribution in [0.5, 0.6) is 0 Å².